The summed E-state index contributed by atoms with van der Waals surface area (Å²) in [5, 5.41) is 18.5. The molecule has 2 N–H and O–H groups in total. The van der Waals surface area contributed by atoms with Gasteiger partial charge in [0.1, 0.15) is 12.2 Å². The molecular weight excluding hydrogens is 214 g/mol. The van der Waals surface area contributed by atoms with Crippen LogP contribution in [0.2, 0.25) is 0 Å². The van der Waals surface area contributed by atoms with Crippen LogP contribution in [0.4, 0.5) is 8.78 Å². The normalized spacial score (nSPS) is 16.6. The lowest BCUT2D eigenvalue weighted by Gasteiger charge is -2.25. The third-order valence-corrected chi connectivity index (χ3v) is 2.54. The van der Waals surface area contributed by atoms with Gasteiger partial charge in [-0.15, -0.1) is 0 Å². The fourth-order valence-corrected chi connectivity index (χ4v) is 1.46. The number of hydrogen-bond donors (Lipinski definition) is 2. The van der Waals surface area contributed by atoms with Gasteiger partial charge in [0.25, 0.3) is 0 Å². The van der Waals surface area contributed by atoms with E-state index in [1.54, 1.807) is 6.92 Å². The lowest BCUT2D eigenvalue weighted by Crippen LogP contribution is -2.43. The second-order valence-electron chi connectivity index (χ2n) is 4.01. The van der Waals surface area contributed by atoms with Crippen LogP contribution in [0.15, 0.2) is 12.2 Å². The summed E-state index contributed by atoms with van der Waals surface area (Å²) in [6.07, 6.45) is 2.10. The van der Waals surface area contributed by atoms with Crippen molar-refractivity contribution in [1.82, 2.24) is 0 Å². The molecule has 0 fully saturated rings. The minimum Gasteiger partial charge on any atom is -0.387 e. The second kappa shape index (κ2) is 7.74. The van der Waals surface area contributed by atoms with Gasteiger partial charge in [0, 0.05) is 0 Å². The molecule has 0 unspecified atom stereocenters. The standard InChI is InChI=1S/C12H22F2O2/c1-3-5-6-7-9-11(16)12(13,14)10(15)8-4-2/h4,8,10-11,15-16H,3,5-7,9H2,1-2H3/b8-4+/t10-,11+/m1/s1. The minimum absolute atomic E-state index is 0.0294. The van der Waals surface area contributed by atoms with Crippen molar-refractivity contribution >= 4 is 0 Å². The zero-order valence-corrected chi connectivity index (χ0v) is 10.00. The van der Waals surface area contributed by atoms with Crippen molar-refractivity contribution in [1.29, 1.82) is 0 Å². The van der Waals surface area contributed by atoms with Gasteiger partial charge in [-0.2, -0.15) is 0 Å². The molecule has 0 spiro atoms. The van der Waals surface area contributed by atoms with Gasteiger partial charge in [0.2, 0.25) is 0 Å². The average Bonchev–Trinajstić information content (AvgIpc) is 2.24. The van der Waals surface area contributed by atoms with E-state index in [-0.39, 0.29) is 6.42 Å². The van der Waals surface area contributed by atoms with Crippen molar-refractivity contribution < 1.29 is 19.0 Å². The molecule has 0 amide bonds. The van der Waals surface area contributed by atoms with Crippen molar-refractivity contribution in [3.8, 4) is 0 Å². The fraction of sp³-hybridized carbons (Fsp3) is 0.833. The smallest absolute Gasteiger partial charge is 0.302 e. The summed E-state index contributed by atoms with van der Waals surface area (Å²) in [5.41, 5.74) is 0. The minimum atomic E-state index is -3.46. The molecule has 0 saturated heterocycles. The van der Waals surface area contributed by atoms with Crippen molar-refractivity contribution in [3.05, 3.63) is 12.2 Å². The quantitative estimate of drug-likeness (QED) is 0.502. The van der Waals surface area contributed by atoms with Crippen molar-refractivity contribution in [2.24, 2.45) is 0 Å². The van der Waals surface area contributed by atoms with E-state index >= 15 is 0 Å². The van der Waals surface area contributed by atoms with Gasteiger partial charge in [0.15, 0.2) is 0 Å². The molecule has 0 aromatic heterocycles. The molecule has 0 bridgehead atoms. The number of allylic oxidation sites excluding steroid dienone is 1. The van der Waals surface area contributed by atoms with Crippen LogP contribution in [0.25, 0.3) is 0 Å². The maximum absolute atomic E-state index is 13.4. The van der Waals surface area contributed by atoms with E-state index in [2.05, 4.69) is 0 Å². The molecule has 0 aromatic carbocycles. The maximum atomic E-state index is 13.4. The number of aliphatic hydroxyl groups excluding tert-OH is 2. The first-order valence-corrected chi connectivity index (χ1v) is 5.83. The summed E-state index contributed by atoms with van der Waals surface area (Å²) >= 11 is 0. The van der Waals surface area contributed by atoms with Crippen LogP contribution in [0.3, 0.4) is 0 Å². The molecule has 16 heavy (non-hydrogen) atoms. The summed E-state index contributed by atoms with van der Waals surface area (Å²) in [4.78, 5) is 0. The number of alkyl halides is 2. The van der Waals surface area contributed by atoms with E-state index in [1.807, 2.05) is 6.92 Å². The second-order valence-corrected chi connectivity index (χ2v) is 4.01. The Morgan fingerprint density at radius 1 is 1.19 bits per heavy atom. The molecular formula is C12H22F2O2. The van der Waals surface area contributed by atoms with E-state index in [1.165, 1.54) is 6.08 Å². The van der Waals surface area contributed by atoms with Crippen LogP contribution in [-0.2, 0) is 0 Å². The van der Waals surface area contributed by atoms with Crippen LogP contribution >= 0.6 is 0 Å². The maximum Gasteiger partial charge on any atom is 0.302 e. The van der Waals surface area contributed by atoms with E-state index in [4.69, 9.17) is 5.11 Å². The van der Waals surface area contributed by atoms with E-state index in [0.717, 1.165) is 25.3 Å². The van der Waals surface area contributed by atoms with Crippen molar-refractivity contribution in [3.63, 3.8) is 0 Å². The molecule has 0 radical (unpaired) electrons. The van der Waals surface area contributed by atoms with Crippen LogP contribution < -0.4 is 0 Å². The van der Waals surface area contributed by atoms with Gasteiger partial charge in [0.05, 0.1) is 0 Å². The third kappa shape index (κ3) is 5.03. The van der Waals surface area contributed by atoms with Crippen molar-refractivity contribution in [2.45, 2.75) is 64.1 Å². The van der Waals surface area contributed by atoms with E-state index in [9.17, 15) is 13.9 Å². The Bertz CT molecular complexity index is 205. The molecule has 2 atom stereocenters. The third-order valence-electron chi connectivity index (χ3n) is 2.54. The SMILES string of the molecule is C/C=C/[C@@H](O)C(F)(F)[C@@H](O)CCCCCC. The Kier molecular flexibility index (Phi) is 7.51. The number of unbranched alkanes of at least 4 members (excludes halogenated alkanes) is 3. The molecule has 2 nitrogen and oxygen atoms in total. The predicted molar refractivity (Wildman–Crippen MR) is 60.5 cm³/mol. The summed E-state index contributed by atoms with van der Waals surface area (Å²) in [7, 11) is 0. The average molecular weight is 236 g/mol. The highest BCUT2D eigenvalue weighted by Crippen LogP contribution is 2.27. The molecule has 0 heterocycles. The Balaban J connectivity index is 4.07. The van der Waals surface area contributed by atoms with Crippen molar-refractivity contribution in [2.75, 3.05) is 0 Å². The lowest BCUT2D eigenvalue weighted by molar-refractivity contribution is -0.163. The van der Waals surface area contributed by atoms with E-state index < -0.39 is 18.1 Å². The predicted octanol–water partition coefficient (Wildman–Crippen LogP) is 2.89. The molecule has 0 rings (SSSR count). The zero-order chi connectivity index (χ0) is 12.6. The highest BCUT2D eigenvalue weighted by atomic mass is 19.3. The Hall–Kier alpha value is -0.480. The zero-order valence-electron chi connectivity index (χ0n) is 10.00. The van der Waals surface area contributed by atoms with Crippen LogP contribution in [0.5, 0.6) is 0 Å². The number of hydrogen-bond acceptors (Lipinski definition) is 2. The van der Waals surface area contributed by atoms with Crippen LogP contribution in [0, 0.1) is 0 Å². The summed E-state index contributed by atoms with van der Waals surface area (Å²) in [5.74, 6) is -3.46. The highest BCUT2D eigenvalue weighted by molar-refractivity contribution is 4.97. The van der Waals surface area contributed by atoms with Gasteiger partial charge >= 0.3 is 5.92 Å². The van der Waals surface area contributed by atoms with Gasteiger partial charge in [-0.25, -0.2) is 8.78 Å². The Morgan fingerprint density at radius 3 is 2.31 bits per heavy atom. The number of halogens is 2. The van der Waals surface area contributed by atoms with Gasteiger partial charge in [-0.05, 0) is 13.3 Å². The largest absolute Gasteiger partial charge is 0.387 e. The van der Waals surface area contributed by atoms with Crippen LogP contribution in [-0.4, -0.2) is 28.3 Å². The first kappa shape index (κ1) is 15.5. The summed E-state index contributed by atoms with van der Waals surface area (Å²) < 4.78 is 26.7. The number of aliphatic hydroxyl groups is 2. The Morgan fingerprint density at radius 2 is 1.81 bits per heavy atom. The molecule has 0 aliphatic rings. The van der Waals surface area contributed by atoms with Gasteiger partial charge < -0.3 is 10.2 Å². The monoisotopic (exact) mass is 236 g/mol. The lowest BCUT2D eigenvalue weighted by atomic mass is 10.0. The highest BCUT2D eigenvalue weighted by Gasteiger charge is 2.43. The molecule has 0 saturated carbocycles. The summed E-state index contributed by atoms with van der Waals surface area (Å²) in [6, 6.07) is 0. The molecule has 0 aliphatic heterocycles. The van der Waals surface area contributed by atoms with Gasteiger partial charge in [-0.1, -0.05) is 44.8 Å². The fourth-order valence-electron chi connectivity index (χ4n) is 1.46. The molecule has 0 aliphatic carbocycles. The summed E-state index contributed by atoms with van der Waals surface area (Å²) in [6.45, 7) is 3.58. The van der Waals surface area contributed by atoms with E-state index in [0.29, 0.717) is 6.42 Å². The first-order valence-electron chi connectivity index (χ1n) is 5.83. The topological polar surface area (TPSA) is 40.5 Å². The van der Waals surface area contributed by atoms with Crippen LogP contribution in [0.1, 0.15) is 46.0 Å². The molecule has 96 valence electrons. The first-order chi connectivity index (χ1) is 7.46. The number of rotatable bonds is 8. The molecule has 0 aromatic rings. The molecule has 4 heteroatoms. The van der Waals surface area contributed by atoms with Gasteiger partial charge in [-0.3, -0.25) is 0 Å². The Labute approximate surface area is 96.0 Å².